The molecule has 3 aromatic heterocycles. The Kier molecular flexibility index (Phi) is 4.61. The maximum absolute atomic E-state index is 5.03. The first-order chi connectivity index (χ1) is 20.2. The molecule has 2 aliphatic rings. The quantitative estimate of drug-likeness (QED) is 0.229. The predicted octanol–water partition coefficient (Wildman–Crippen LogP) is 6.04. The van der Waals surface area contributed by atoms with Crippen molar-refractivity contribution in [2.75, 3.05) is 0 Å². The molecule has 0 saturated carbocycles. The summed E-state index contributed by atoms with van der Waals surface area (Å²) in [5, 5.41) is 3.65. The first-order valence-corrected chi connectivity index (χ1v) is 13.6. The van der Waals surface area contributed by atoms with Crippen molar-refractivity contribution in [2.45, 2.75) is 0 Å². The van der Waals surface area contributed by atoms with Gasteiger partial charge in [-0.15, -0.1) is 0 Å². The van der Waals surface area contributed by atoms with Gasteiger partial charge in [-0.2, -0.15) is 0 Å². The standard InChI is InChI=1S/C32H17N8.Co/c1-2-10-18-17(9-1)25-33-26(18)38-28-21-13-5-6-14-22(21)30(35-28)40-32-24-16-8-7-15-23(24)31(36-32)39-29-20-12-4-3-11-19(20)27(34-29)37-25;/h1-15H,(H2,33,34,35,36,37,38,39,40);. The van der Waals surface area contributed by atoms with E-state index >= 15 is 0 Å². The molecule has 9 heteroatoms. The SMILES string of the molecule is [Co][c]1cccc2c3nc4nc(nc5[nH]c(nc6nc(nc([nH]3)c12)-c1ccccc1-6)c1ccccc51)-c1ccccc1-4. The Morgan fingerprint density at radius 1 is 0.390 bits per heavy atom. The third-order valence-corrected chi connectivity index (χ3v) is 7.94. The van der Waals surface area contributed by atoms with Crippen LogP contribution in [0, 0.1) is 0 Å². The van der Waals surface area contributed by atoms with E-state index in [1.165, 1.54) is 0 Å². The second-order valence-electron chi connectivity index (χ2n) is 9.88. The molecule has 0 aliphatic carbocycles. The van der Waals surface area contributed by atoms with E-state index in [1.807, 2.05) is 91.0 Å². The molecule has 8 nitrogen and oxygen atoms in total. The molecule has 0 fully saturated rings. The van der Waals surface area contributed by atoms with Crippen molar-refractivity contribution in [2.24, 2.45) is 0 Å². The van der Waals surface area contributed by atoms with Gasteiger partial charge in [0, 0.05) is 0 Å². The van der Waals surface area contributed by atoms with Gasteiger partial charge in [-0.3, -0.25) is 0 Å². The van der Waals surface area contributed by atoms with Crippen LogP contribution < -0.4 is 4.50 Å². The van der Waals surface area contributed by atoms with Crippen LogP contribution in [0.3, 0.4) is 0 Å². The van der Waals surface area contributed by atoms with Gasteiger partial charge in [-0.1, -0.05) is 6.07 Å². The number of aromatic amines is 2. The molecule has 7 aromatic rings. The molecule has 8 bridgehead atoms. The second kappa shape index (κ2) is 8.37. The second-order valence-corrected chi connectivity index (χ2v) is 10.4. The van der Waals surface area contributed by atoms with Gasteiger partial charge in [0.1, 0.15) is 0 Å². The maximum atomic E-state index is 5.03. The molecule has 9 rings (SSSR count). The summed E-state index contributed by atoms with van der Waals surface area (Å²) >= 11 is 4.84. The third kappa shape index (κ3) is 3.33. The fourth-order valence-electron chi connectivity index (χ4n) is 5.63. The van der Waals surface area contributed by atoms with Crippen LogP contribution in [-0.2, 0) is 15.7 Å². The number of rotatable bonds is 0. The Hall–Kier alpha value is -5.25. The van der Waals surface area contributed by atoms with E-state index in [0.29, 0.717) is 45.9 Å². The van der Waals surface area contributed by atoms with Crippen LogP contribution in [0.1, 0.15) is 0 Å². The third-order valence-electron chi connectivity index (χ3n) is 7.51. The van der Waals surface area contributed by atoms with Crippen molar-refractivity contribution in [3.8, 4) is 45.6 Å². The van der Waals surface area contributed by atoms with E-state index in [0.717, 1.165) is 48.3 Å². The van der Waals surface area contributed by atoms with Gasteiger partial charge in [-0.05, 0) is 0 Å². The van der Waals surface area contributed by atoms with E-state index in [9.17, 15) is 0 Å². The summed E-state index contributed by atoms with van der Waals surface area (Å²) in [6, 6.07) is 30.0. The van der Waals surface area contributed by atoms with Crippen LogP contribution in [0.5, 0.6) is 0 Å². The van der Waals surface area contributed by atoms with Crippen LogP contribution in [0.25, 0.3) is 89.7 Å². The van der Waals surface area contributed by atoms with Crippen LogP contribution in [0.4, 0.5) is 0 Å². The molecule has 41 heavy (non-hydrogen) atoms. The van der Waals surface area contributed by atoms with E-state index in [2.05, 4.69) is 9.97 Å². The summed E-state index contributed by atoms with van der Waals surface area (Å²) in [6.07, 6.45) is 0. The van der Waals surface area contributed by atoms with Gasteiger partial charge in [0.25, 0.3) is 0 Å². The number of benzene rings is 4. The summed E-state index contributed by atoms with van der Waals surface area (Å²) in [7, 11) is 0. The van der Waals surface area contributed by atoms with Crippen molar-refractivity contribution in [3.63, 3.8) is 0 Å². The Morgan fingerprint density at radius 2 is 0.780 bits per heavy atom. The van der Waals surface area contributed by atoms with Crippen LogP contribution >= 0.6 is 0 Å². The Balaban J connectivity index is 1.52. The average Bonchev–Trinajstić information content (AvgIpc) is 3.73. The van der Waals surface area contributed by atoms with Gasteiger partial charge in [0.15, 0.2) is 0 Å². The summed E-state index contributed by atoms with van der Waals surface area (Å²) in [4.78, 5) is 36.8. The minimum absolute atomic E-state index is 0.567. The number of fused-ring (bicyclic) bond motifs is 20. The number of aromatic nitrogens is 8. The van der Waals surface area contributed by atoms with E-state index < -0.39 is 0 Å². The summed E-state index contributed by atoms with van der Waals surface area (Å²) in [5.74, 6) is 2.30. The number of nitrogens with zero attached hydrogens (tertiary/aromatic N) is 6. The van der Waals surface area contributed by atoms with Gasteiger partial charge < -0.3 is 0 Å². The molecule has 5 heterocycles. The van der Waals surface area contributed by atoms with Crippen molar-refractivity contribution in [1.29, 1.82) is 0 Å². The minimum atomic E-state index is 0.567. The van der Waals surface area contributed by atoms with Gasteiger partial charge in [0.2, 0.25) is 0 Å². The molecule has 0 amide bonds. The summed E-state index contributed by atoms with van der Waals surface area (Å²) in [5.41, 5.74) is 6.25. The zero-order chi connectivity index (χ0) is 27.1. The van der Waals surface area contributed by atoms with E-state index in [4.69, 9.17) is 45.6 Å². The van der Waals surface area contributed by atoms with Gasteiger partial charge in [-0.25, -0.2) is 0 Å². The van der Waals surface area contributed by atoms with E-state index in [1.54, 1.807) is 0 Å². The predicted molar refractivity (Wildman–Crippen MR) is 156 cm³/mol. The number of hydrogen-bond donors (Lipinski definition) is 2. The van der Waals surface area contributed by atoms with Crippen molar-refractivity contribution in [1.82, 2.24) is 39.9 Å². The molecule has 0 saturated heterocycles. The molecule has 0 unspecified atom stereocenters. The zero-order valence-corrected chi connectivity index (χ0v) is 22.2. The normalized spacial score (nSPS) is 12.0. The molecular formula is C32H17CoN8. The topological polar surface area (TPSA) is 109 Å². The van der Waals surface area contributed by atoms with Crippen molar-refractivity contribution in [3.05, 3.63) is 91.0 Å². The van der Waals surface area contributed by atoms with Crippen LogP contribution in [0.15, 0.2) is 91.0 Å². The zero-order valence-electron chi connectivity index (χ0n) is 21.2. The fraction of sp³-hybridized carbons (Fsp3) is 0. The monoisotopic (exact) mass is 572 g/mol. The van der Waals surface area contributed by atoms with Gasteiger partial charge >= 0.3 is 235 Å². The van der Waals surface area contributed by atoms with Gasteiger partial charge in [0.05, 0.1) is 0 Å². The first-order valence-electron chi connectivity index (χ1n) is 13.1. The first kappa shape index (κ1) is 22.6. The number of nitrogens with one attached hydrogen (secondary N) is 2. The summed E-state index contributed by atoms with van der Waals surface area (Å²) < 4.78 is 0.784. The molecule has 0 radical (unpaired) electrons. The Morgan fingerprint density at radius 3 is 1.29 bits per heavy atom. The molecule has 0 atom stereocenters. The fourth-order valence-corrected chi connectivity index (χ4v) is 6.00. The van der Waals surface area contributed by atoms with E-state index in [-0.39, 0.29) is 0 Å². The van der Waals surface area contributed by atoms with Crippen LogP contribution in [-0.4, -0.2) is 39.9 Å². The Labute approximate surface area is 240 Å². The summed E-state index contributed by atoms with van der Waals surface area (Å²) in [6.45, 7) is 0. The average molecular weight is 572 g/mol. The van der Waals surface area contributed by atoms with Crippen molar-refractivity contribution < 1.29 is 15.7 Å². The number of hydrogen-bond acceptors (Lipinski definition) is 6. The molecular weight excluding hydrogens is 555 g/mol. The van der Waals surface area contributed by atoms with Crippen LogP contribution in [0.2, 0.25) is 0 Å². The Bertz CT molecular complexity index is 2400. The molecule has 0 spiro atoms. The molecule has 2 N–H and O–H groups in total. The molecule has 4 aromatic carbocycles. The molecule has 2 aliphatic heterocycles. The number of H-pyrrole nitrogens is 2. The molecule has 194 valence electrons. The van der Waals surface area contributed by atoms with Crippen molar-refractivity contribution >= 4 is 48.6 Å².